The van der Waals surface area contributed by atoms with Gasteiger partial charge < -0.3 is 24.0 Å². The average Bonchev–Trinajstić information content (AvgIpc) is 3.00. The number of imidazole rings is 1. The third kappa shape index (κ3) is 4.93. The van der Waals surface area contributed by atoms with E-state index in [4.69, 9.17) is 14.7 Å². The van der Waals surface area contributed by atoms with Crippen molar-refractivity contribution in [1.82, 2.24) is 24.4 Å². The SMILES string of the molecule is CCn1cnc2nc(N(C)CC3CCN(C)CC3)nc(N3CCOC(C(F)(F)F)CC3)c21. The number of hydrogen-bond donors (Lipinski definition) is 0. The van der Waals surface area contributed by atoms with Gasteiger partial charge in [0.15, 0.2) is 17.6 Å². The van der Waals surface area contributed by atoms with Crippen molar-refractivity contribution in [3.05, 3.63) is 6.33 Å². The number of hydrogen-bond acceptors (Lipinski definition) is 7. The molecule has 8 nitrogen and oxygen atoms in total. The van der Waals surface area contributed by atoms with Gasteiger partial charge in [0.25, 0.3) is 0 Å². The van der Waals surface area contributed by atoms with Gasteiger partial charge in [0, 0.05) is 39.6 Å². The first-order valence-electron chi connectivity index (χ1n) is 11.3. The van der Waals surface area contributed by atoms with E-state index in [-0.39, 0.29) is 19.6 Å². The van der Waals surface area contributed by atoms with Crippen molar-refractivity contribution < 1.29 is 17.9 Å². The van der Waals surface area contributed by atoms with Gasteiger partial charge in [-0.3, -0.25) is 0 Å². The molecule has 0 saturated carbocycles. The molecular weight excluding hydrogens is 423 g/mol. The summed E-state index contributed by atoms with van der Waals surface area (Å²) in [5, 5.41) is 0. The van der Waals surface area contributed by atoms with E-state index in [0.717, 1.165) is 38.0 Å². The largest absolute Gasteiger partial charge is 0.414 e. The smallest absolute Gasteiger partial charge is 0.367 e. The zero-order valence-electron chi connectivity index (χ0n) is 19.0. The van der Waals surface area contributed by atoms with Crippen LogP contribution in [-0.2, 0) is 11.3 Å². The van der Waals surface area contributed by atoms with Gasteiger partial charge in [0.05, 0.1) is 12.9 Å². The highest BCUT2D eigenvalue weighted by Crippen LogP contribution is 2.31. The Labute approximate surface area is 186 Å². The number of aryl methyl sites for hydroxylation is 1. The van der Waals surface area contributed by atoms with Crippen LogP contribution in [0.25, 0.3) is 11.2 Å². The molecule has 32 heavy (non-hydrogen) atoms. The number of aromatic nitrogens is 4. The second-order valence-electron chi connectivity index (χ2n) is 8.85. The first-order chi connectivity index (χ1) is 15.3. The molecule has 0 spiro atoms. The lowest BCUT2D eigenvalue weighted by molar-refractivity contribution is -0.218. The first kappa shape index (κ1) is 23.0. The predicted molar refractivity (Wildman–Crippen MR) is 117 cm³/mol. The summed E-state index contributed by atoms with van der Waals surface area (Å²) in [5.74, 6) is 1.75. The molecule has 1 unspecified atom stereocenters. The van der Waals surface area contributed by atoms with Gasteiger partial charge >= 0.3 is 6.18 Å². The van der Waals surface area contributed by atoms with Crippen LogP contribution in [0.3, 0.4) is 0 Å². The molecule has 4 heterocycles. The molecule has 2 aromatic rings. The molecule has 178 valence electrons. The normalized spacial score (nSPS) is 21.8. The second-order valence-corrected chi connectivity index (χ2v) is 8.85. The Morgan fingerprint density at radius 1 is 1.12 bits per heavy atom. The Morgan fingerprint density at radius 3 is 2.56 bits per heavy atom. The molecule has 2 fully saturated rings. The summed E-state index contributed by atoms with van der Waals surface area (Å²) in [6.07, 6.45) is -2.26. The Balaban J connectivity index is 1.61. The van der Waals surface area contributed by atoms with Gasteiger partial charge in [-0.25, -0.2) is 4.98 Å². The highest BCUT2D eigenvalue weighted by Gasteiger charge is 2.41. The van der Waals surface area contributed by atoms with Crippen LogP contribution in [0.1, 0.15) is 26.2 Å². The maximum atomic E-state index is 13.2. The number of anilines is 2. The third-order valence-corrected chi connectivity index (χ3v) is 6.50. The van der Waals surface area contributed by atoms with E-state index < -0.39 is 12.3 Å². The maximum absolute atomic E-state index is 13.2. The van der Waals surface area contributed by atoms with Gasteiger partial charge in [-0.2, -0.15) is 23.1 Å². The third-order valence-electron chi connectivity index (χ3n) is 6.50. The summed E-state index contributed by atoms with van der Waals surface area (Å²) in [6, 6.07) is 0. The van der Waals surface area contributed by atoms with Gasteiger partial charge in [-0.15, -0.1) is 0 Å². The van der Waals surface area contributed by atoms with Crippen molar-refractivity contribution in [3.63, 3.8) is 0 Å². The minimum absolute atomic E-state index is 0.00327. The minimum Gasteiger partial charge on any atom is -0.367 e. The lowest BCUT2D eigenvalue weighted by Crippen LogP contribution is -2.36. The molecule has 2 aliphatic rings. The van der Waals surface area contributed by atoms with Gasteiger partial charge in [-0.1, -0.05) is 0 Å². The number of nitrogens with zero attached hydrogens (tertiary/aromatic N) is 7. The van der Waals surface area contributed by atoms with E-state index in [2.05, 4.69) is 21.8 Å². The average molecular weight is 456 g/mol. The van der Waals surface area contributed by atoms with Gasteiger partial charge in [0.2, 0.25) is 5.95 Å². The summed E-state index contributed by atoms with van der Waals surface area (Å²) < 4.78 is 46.6. The van der Waals surface area contributed by atoms with Crippen LogP contribution in [0.5, 0.6) is 0 Å². The lowest BCUT2D eigenvalue weighted by atomic mass is 9.97. The van der Waals surface area contributed by atoms with Crippen molar-refractivity contribution in [2.45, 2.75) is 45.0 Å². The van der Waals surface area contributed by atoms with Crippen LogP contribution in [-0.4, -0.2) is 90.1 Å². The van der Waals surface area contributed by atoms with Gasteiger partial charge in [0.1, 0.15) is 5.52 Å². The topological polar surface area (TPSA) is 62.6 Å². The summed E-state index contributed by atoms with van der Waals surface area (Å²) in [6.45, 7) is 6.22. The fourth-order valence-electron chi connectivity index (χ4n) is 4.54. The summed E-state index contributed by atoms with van der Waals surface area (Å²) >= 11 is 0. The number of ether oxygens (including phenoxy) is 1. The van der Waals surface area contributed by atoms with Crippen molar-refractivity contribution in [2.75, 3.05) is 63.2 Å². The molecule has 0 N–H and O–H groups in total. The van der Waals surface area contributed by atoms with Crippen molar-refractivity contribution >= 4 is 22.9 Å². The molecule has 0 radical (unpaired) electrons. The van der Waals surface area contributed by atoms with Crippen molar-refractivity contribution in [1.29, 1.82) is 0 Å². The van der Waals surface area contributed by atoms with Gasteiger partial charge in [-0.05, 0) is 45.8 Å². The number of alkyl halides is 3. The van der Waals surface area contributed by atoms with E-state index in [1.165, 1.54) is 0 Å². The molecule has 0 aliphatic carbocycles. The number of rotatable bonds is 5. The van der Waals surface area contributed by atoms with Crippen LogP contribution >= 0.6 is 0 Å². The van der Waals surface area contributed by atoms with Crippen LogP contribution in [0, 0.1) is 5.92 Å². The molecule has 2 aromatic heterocycles. The fourth-order valence-corrected chi connectivity index (χ4v) is 4.54. The molecule has 1 atom stereocenters. The quantitative estimate of drug-likeness (QED) is 0.687. The molecule has 11 heteroatoms. The Kier molecular flexibility index (Phi) is 6.75. The molecule has 2 saturated heterocycles. The Morgan fingerprint density at radius 2 is 1.88 bits per heavy atom. The molecule has 0 aromatic carbocycles. The monoisotopic (exact) mass is 455 g/mol. The predicted octanol–water partition coefficient (Wildman–Crippen LogP) is 2.78. The van der Waals surface area contributed by atoms with E-state index >= 15 is 0 Å². The Bertz CT molecular complexity index is 911. The summed E-state index contributed by atoms with van der Waals surface area (Å²) in [4.78, 5) is 20.3. The van der Waals surface area contributed by atoms with E-state index in [9.17, 15) is 13.2 Å². The Hall–Kier alpha value is -2.14. The molecule has 2 aliphatic heterocycles. The highest BCUT2D eigenvalue weighted by molar-refractivity contribution is 5.85. The summed E-state index contributed by atoms with van der Waals surface area (Å²) in [7, 11) is 4.12. The number of fused-ring (bicyclic) bond motifs is 1. The van der Waals surface area contributed by atoms with Crippen LogP contribution in [0.15, 0.2) is 6.33 Å². The van der Waals surface area contributed by atoms with Crippen LogP contribution in [0.2, 0.25) is 0 Å². The van der Waals surface area contributed by atoms with Crippen LogP contribution in [0.4, 0.5) is 24.9 Å². The van der Waals surface area contributed by atoms with Crippen molar-refractivity contribution in [3.8, 4) is 0 Å². The molecule has 0 amide bonds. The maximum Gasteiger partial charge on any atom is 0.414 e. The fraction of sp³-hybridized carbons (Fsp3) is 0.762. The van der Waals surface area contributed by atoms with E-state index in [1.54, 1.807) is 6.33 Å². The standard InChI is InChI=1S/C21H32F3N7O/c1-4-30-14-25-18-17(30)19(31-10-7-16(21(22,23)24)32-12-11-31)27-20(26-18)29(3)13-15-5-8-28(2)9-6-15/h14-16H,4-13H2,1-3H3. The van der Waals surface area contributed by atoms with Crippen molar-refractivity contribution in [2.24, 2.45) is 5.92 Å². The summed E-state index contributed by atoms with van der Waals surface area (Å²) in [5.41, 5.74) is 1.33. The molecule has 0 bridgehead atoms. The molecule has 4 rings (SSSR count). The number of halogens is 3. The number of piperidine rings is 1. The van der Waals surface area contributed by atoms with E-state index in [1.807, 2.05) is 23.4 Å². The zero-order chi connectivity index (χ0) is 22.9. The zero-order valence-corrected chi connectivity index (χ0v) is 19.0. The molecular formula is C21H32F3N7O. The highest BCUT2D eigenvalue weighted by atomic mass is 19.4. The minimum atomic E-state index is -4.36. The second kappa shape index (κ2) is 9.38. The number of likely N-dealkylation sites (tertiary alicyclic amines) is 1. The first-order valence-corrected chi connectivity index (χ1v) is 11.3. The van der Waals surface area contributed by atoms with E-state index in [0.29, 0.717) is 36.4 Å². The lowest BCUT2D eigenvalue weighted by Gasteiger charge is -2.32. The van der Waals surface area contributed by atoms with Crippen LogP contribution < -0.4 is 9.80 Å².